The summed E-state index contributed by atoms with van der Waals surface area (Å²) >= 11 is 4.90. The molecular formula is C15H15BrN2O2S. The molecule has 0 bridgehead atoms. The van der Waals surface area contributed by atoms with Crippen LogP contribution in [0.2, 0.25) is 0 Å². The number of nitrogens with zero attached hydrogens (tertiary/aromatic N) is 1. The Morgan fingerprint density at radius 1 is 1.33 bits per heavy atom. The number of halogens is 1. The molecule has 0 unspecified atom stereocenters. The van der Waals surface area contributed by atoms with Crippen LogP contribution in [0.25, 0.3) is 0 Å². The normalized spacial score (nSPS) is 10.8. The van der Waals surface area contributed by atoms with Crippen LogP contribution in [-0.2, 0) is 4.79 Å². The highest BCUT2D eigenvalue weighted by molar-refractivity contribution is 9.11. The van der Waals surface area contributed by atoms with Crippen molar-refractivity contribution in [3.63, 3.8) is 0 Å². The minimum Gasteiger partial charge on any atom is -0.484 e. The number of benzene rings is 1. The van der Waals surface area contributed by atoms with E-state index in [0.29, 0.717) is 5.75 Å². The molecule has 21 heavy (non-hydrogen) atoms. The second kappa shape index (κ2) is 7.38. The summed E-state index contributed by atoms with van der Waals surface area (Å²) < 4.78 is 6.44. The number of carbonyl (C=O) groups excluding carboxylic acids is 1. The highest BCUT2D eigenvalue weighted by Gasteiger charge is 2.02. The molecule has 2 aromatic rings. The summed E-state index contributed by atoms with van der Waals surface area (Å²) in [5, 5.41) is 3.88. The van der Waals surface area contributed by atoms with E-state index >= 15 is 0 Å². The first-order valence-electron chi connectivity index (χ1n) is 6.32. The van der Waals surface area contributed by atoms with Gasteiger partial charge in [-0.25, -0.2) is 5.43 Å². The van der Waals surface area contributed by atoms with Gasteiger partial charge in [0.05, 0.1) is 10.0 Å². The molecule has 0 aliphatic rings. The summed E-state index contributed by atoms with van der Waals surface area (Å²) in [6.45, 7) is 3.98. The van der Waals surface area contributed by atoms with Crippen molar-refractivity contribution in [3.05, 3.63) is 50.1 Å². The largest absolute Gasteiger partial charge is 0.484 e. The van der Waals surface area contributed by atoms with Crippen molar-refractivity contribution in [2.45, 2.75) is 13.8 Å². The number of aryl methyl sites for hydroxylation is 2. The lowest BCUT2D eigenvalue weighted by molar-refractivity contribution is -0.123. The molecule has 1 aromatic heterocycles. The molecule has 1 aromatic carbocycles. The van der Waals surface area contributed by atoms with Gasteiger partial charge in [0, 0.05) is 4.88 Å². The average Bonchev–Trinajstić information content (AvgIpc) is 2.86. The fourth-order valence-electron chi connectivity index (χ4n) is 1.55. The Bertz CT molecular complexity index is 667. The third-order valence-corrected chi connectivity index (χ3v) is 4.38. The van der Waals surface area contributed by atoms with E-state index < -0.39 is 0 Å². The molecular weight excluding hydrogens is 352 g/mol. The molecule has 1 heterocycles. The van der Waals surface area contributed by atoms with Gasteiger partial charge in [-0.1, -0.05) is 6.07 Å². The molecule has 0 saturated carbocycles. The van der Waals surface area contributed by atoms with Crippen LogP contribution in [-0.4, -0.2) is 18.7 Å². The van der Waals surface area contributed by atoms with Gasteiger partial charge in [-0.3, -0.25) is 4.79 Å². The highest BCUT2D eigenvalue weighted by Crippen LogP contribution is 2.20. The van der Waals surface area contributed by atoms with Crippen LogP contribution >= 0.6 is 27.3 Å². The molecule has 0 aliphatic carbocycles. The topological polar surface area (TPSA) is 50.7 Å². The standard InChI is InChI=1S/C15H15BrN2O2S/c1-10-3-4-12(7-11(10)2)20-9-15(19)18-17-8-13-5-6-14(16)21-13/h3-8H,9H2,1-2H3,(H,18,19)/b17-8+. The first-order valence-corrected chi connectivity index (χ1v) is 7.93. The fourth-order valence-corrected chi connectivity index (χ4v) is 2.85. The van der Waals surface area contributed by atoms with Crippen LogP contribution in [0, 0.1) is 13.8 Å². The zero-order chi connectivity index (χ0) is 15.2. The Labute approximate surface area is 136 Å². The summed E-state index contributed by atoms with van der Waals surface area (Å²) in [6, 6.07) is 9.57. The van der Waals surface area contributed by atoms with Crippen molar-refractivity contribution in [1.29, 1.82) is 0 Å². The lowest BCUT2D eigenvalue weighted by atomic mass is 10.1. The Kier molecular flexibility index (Phi) is 5.52. The summed E-state index contributed by atoms with van der Waals surface area (Å²) in [5.74, 6) is 0.388. The predicted molar refractivity (Wildman–Crippen MR) is 89.2 cm³/mol. The molecule has 4 nitrogen and oxygen atoms in total. The van der Waals surface area contributed by atoms with E-state index in [4.69, 9.17) is 4.74 Å². The average molecular weight is 367 g/mol. The number of nitrogens with one attached hydrogen (secondary N) is 1. The SMILES string of the molecule is Cc1ccc(OCC(=O)N/N=C/c2ccc(Br)s2)cc1C. The molecule has 1 N–H and O–H groups in total. The number of hydrogen-bond donors (Lipinski definition) is 1. The van der Waals surface area contributed by atoms with Crippen LogP contribution in [0.1, 0.15) is 16.0 Å². The summed E-state index contributed by atoms with van der Waals surface area (Å²) in [4.78, 5) is 12.6. The third-order valence-electron chi connectivity index (χ3n) is 2.82. The zero-order valence-electron chi connectivity index (χ0n) is 11.7. The Hall–Kier alpha value is -1.66. The maximum absolute atomic E-state index is 11.6. The minimum atomic E-state index is -0.292. The van der Waals surface area contributed by atoms with Crippen LogP contribution in [0.4, 0.5) is 0 Å². The number of rotatable bonds is 5. The number of hydrogen-bond acceptors (Lipinski definition) is 4. The molecule has 2 rings (SSSR count). The van der Waals surface area contributed by atoms with E-state index in [1.165, 1.54) is 16.9 Å². The number of hydrazone groups is 1. The monoisotopic (exact) mass is 366 g/mol. The summed E-state index contributed by atoms with van der Waals surface area (Å²) in [7, 11) is 0. The zero-order valence-corrected chi connectivity index (χ0v) is 14.1. The molecule has 1 amide bonds. The maximum atomic E-state index is 11.6. The number of amides is 1. The maximum Gasteiger partial charge on any atom is 0.277 e. The molecule has 0 fully saturated rings. The third kappa shape index (κ3) is 4.99. The van der Waals surface area contributed by atoms with Crippen molar-refractivity contribution in [2.75, 3.05) is 6.61 Å². The van der Waals surface area contributed by atoms with Gasteiger partial charge in [-0.15, -0.1) is 11.3 Å². The predicted octanol–water partition coefficient (Wildman–Crippen LogP) is 3.66. The van der Waals surface area contributed by atoms with Gasteiger partial charge >= 0.3 is 0 Å². The van der Waals surface area contributed by atoms with Gasteiger partial charge in [0.15, 0.2) is 6.61 Å². The van der Waals surface area contributed by atoms with Gasteiger partial charge in [0.1, 0.15) is 5.75 Å². The van der Waals surface area contributed by atoms with Gasteiger partial charge < -0.3 is 4.74 Å². The summed E-state index contributed by atoms with van der Waals surface area (Å²) in [6.07, 6.45) is 1.60. The Morgan fingerprint density at radius 2 is 2.14 bits per heavy atom. The Balaban J connectivity index is 1.79. The van der Waals surface area contributed by atoms with Gasteiger partial charge in [0.25, 0.3) is 5.91 Å². The van der Waals surface area contributed by atoms with Crippen LogP contribution in [0.3, 0.4) is 0 Å². The molecule has 0 radical (unpaired) electrons. The van der Waals surface area contributed by atoms with Crippen molar-refractivity contribution in [2.24, 2.45) is 5.10 Å². The highest BCUT2D eigenvalue weighted by atomic mass is 79.9. The lowest BCUT2D eigenvalue weighted by Gasteiger charge is -2.07. The van der Waals surface area contributed by atoms with E-state index in [-0.39, 0.29) is 12.5 Å². The summed E-state index contributed by atoms with van der Waals surface area (Å²) in [5.41, 5.74) is 4.76. The van der Waals surface area contributed by atoms with Gasteiger partial charge in [-0.05, 0) is 65.2 Å². The van der Waals surface area contributed by atoms with E-state index in [0.717, 1.165) is 14.2 Å². The molecule has 110 valence electrons. The molecule has 0 saturated heterocycles. The first kappa shape index (κ1) is 15.7. The number of thiophene rings is 1. The van der Waals surface area contributed by atoms with Crippen LogP contribution in [0.5, 0.6) is 5.75 Å². The second-order valence-electron chi connectivity index (χ2n) is 4.47. The Morgan fingerprint density at radius 3 is 2.81 bits per heavy atom. The van der Waals surface area contributed by atoms with E-state index in [9.17, 15) is 4.79 Å². The smallest absolute Gasteiger partial charge is 0.277 e. The van der Waals surface area contributed by atoms with Crippen LogP contribution < -0.4 is 10.2 Å². The number of ether oxygens (including phenoxy) is 1. The van der Waals surface area contributed by atoms with Crippen molar-refractivity contribution < 1.29 is 9.53 Å². The fraction of sp³-hybridized carbons (Fsp3) is 0.200. The van der Waals surface area contributed by atoms with Crippen molar-refractivity contribution in [1.82, 2.24) is 5.43 Å². The minimum absolute atomic E-state index is 0.0615. The second-order valence-corrected chi connectivity index (χ2v) is 6.96. The first-order chi connectivity index (χ1) is 10.0. The van der Waals surface area contributed by atoms with E-state index in [1.807, 2.05) is 44.2 Å². The lowest BCUT2D eigenvalue weighted by Crippen LogP contribution is -2.24. The molecule has 0 spiro atoms. The van der Waals surface area contributed by atoms with Gasteiger partial charge in [-0.2, -0.15) is 5.10 Å². The quantitative estimate of drug-likeness (QED) is 0.648. The van der Waals surface area contributed by atoms with E-state index in [2.05, 4.69) is 26.5 Å². The molecule has 0 aliphatic heterocycles. The van der Waals surface area contributed by atoms with Gasteiger partial charge in [0.2, 0.25) is 0 Å². The van der Waals surface area contributed by atoms with Crippen LogP contribution in [0.15, 0.2) is 39.2 Å². The molecule has 6 heteroatoms. The van der Waals surface area contributed by atoms with Crippen molar-refractivity contribution in [3.8, 4) is 5.75 Å². The number of carbonyl (C=O) groups is 1. The van der Waals surface area contributed by atoms with Crippen molar-refractivity contribution >= 4 is 39.4 Å². The molecule has 0 atom stereocenters. The van der Waals surface area contributed by atoms with E-state index in [1.54, 1.807) is 6.21 Å².